The van der Waals surface area contributed by atoms with E-state index in [1.54, 1.807) is 5.38 Å². The van der Waals surface area contributed by atoms with Crippen LogP contribution in [-0.4, -0.2) is 16.8 Å². The highest BCUT2D eigenvalue weighted by Gasteiger charge is 2.26. The number of para-hydroxylation sites is 2. The van der Waals surface area contributed by atoms with Crippen molar-refractivity contribution in [2.75, 3.05) is 0 Å². The molecule has 5 rings (SSSR count). The third-order valence-electron chi connectivity index (χ3n) is 6.35. The first kappa shape index (κ1) is 26.1. The third kappa shape index (κ3) is 6.16. The second-order valence-corrected chi connectivity index (χ2v) is 10.5. The predicted octanol–water partition coefficient (Wildman–Crippen LogP) is 7.35. The fraction of sp³-hybridized carbons (Fsp3) is 0.156. The van der Waals surface area contributed by atoms with Crippen LogP contribution >= 0.6 is 11.3 Å². The highest BCUT2D eigenvalue weighted by Crippen LogP contribution is 2.34. The number of ether oxygens (including phenoxy) is 1. The maximum Gasteiger partial charge on any atom is 0.289 e. The van der Waals surface area contributed by atoms with Crippen molar-refractivity contribution >= 4 is 33.9 Å². The van der Waals surface area contributed by atoms with Crippen molar-refractivity contribution < 1.29 is 14.3 Å². The second kappa shape index (κ2) is 11.9. The van der Waals surface area contributed by atoms with E-state index in [4.69, 9.17) is 4.74 Å². The minimum absolute atomic E-state index is 0.239. The number of amides is 2. The Morgan fingerprint density at radius 1 is 0.846 bits per heavy atom. The maximum absolute atomic E-state index is 13.4. The number of thiazole rings is 1. The molecule has 1 aromatic heterocycles. The van der Waals surface area contributed by atoms with Gasteiger partial charge in [0.2, 0.25) is 5.91 Å². The maximum atomic E-state index is 13.4. The Bertz CT molecular complexity index is 1590. The summed E-state index contributed by atoms with van der Waals surface area (Å²) in [5.41, 5.74) is 7.15. The summed E-state index contributed by atoms with van der Waals surface area (Å²) in [6.07, 6.45) is 0.582. The summed E-state index contributed by atoms with van der Waals surface area (Å²) in [6, 6.07) is 31.1. The molecular formula is C32H29N3O3S. The molecule has 0 aliphatic rings. The minimum Gasteiger partial charge on any atom is -0.457 e. The highest BCUT2D eigenvalue weighted by atomic mass is 32.1. The van der Waals surface area contributed by atoms with Crippen LogP contribution in [0.3, 0.4) is 0 Å². The zero-order valence-electron chi connectivity index (χ0n) is 21.8. The van der Waals surface area contributed by atoms with Gasteiger partial charge in [0.25, 0.3) is 5.91 Å². The van der Waals surface area contributed by atoms with Crippen LogP contribution in [0.5, 0.6) is 11.5 Å². The van der Waals surface area contributed by atoms with Crippen LogP contribution in [0.15, 0.2) is 102 Å². The molecule has 0 aliphatic carbocycles. The molecule has 0 saturated carbocycles. The van der Waals surface area contributed by atoms with E-state index in [0.717, 1.165) is 26.9 Å². The van der Waals surface area contributed by atoms with Crippen LogP contribution in [0.2, 0.25) is 0 Å². The lowest BCUT2D eigenvalue weighted by Gasteiger charge is -2.22. The van der Waals surface area contributed by atoms with Gasteiger partial charge in [0.1, 0.15) is 22.2 Å². The summed E-state index contributed by atoms with van der Waals surface area (Å²) in [7, 11) is 0. The molecule has 39 heavy (non-hydrogen) atoms. The molecule has 0 saturated heterocycles. The lowest BCUT2D eigenvalue weighted by molar-refractivity contribution is -0.123. The van der Waals surface area contributed by atoms with Crippen molar-refractivity contribution in [1.29, 1.82) is 0 Å². The Balaban J connectivity index is 1.31. The summed E-state index contributed by atoms with van der Waals surface area (Å²) in [5, 5.41) is 4.62. The van der Waals surface area contributed by atoms with Gasteiger partial charge in [-0.3, -0.25) is 20.4 Å². The highest BCUT2D eigenvalue weighted by molar-refractivity contribution is 7.13. The molecule has 0 aliphatic heterocycles. The van der Waals surface area contributed by atoms with Gasteiger partial charge in [0.05, 0.1) is 5.92 Å². The number of benzene rings is 4. The van der Waals surface area contributed by atoms with Gasteiger partial charge in [-0.15, -0.1) is 11.3 Å². The molecule has 1 heterocycles. The van der Waals surface area contributed by atoms with Crippen molar-refractivity contribution in [3.8, 4) is 22.1 Å². The first-order valence-corrected chi connectivity index (χ1v) is 13.7. The summed E-state index contributed by atoms with van der Waals surface area (Å²) < 4.78 is 6.12. The summed E-state index contributed by atoms with van der Waals surface area (Å²) in [6.45, 7) is 4.12. The van der Waals surface area contributed by atoms with Gasteiger partial charge in [-0.1, -0.05) is 92.7 Å². The third-order valence-corrected chi connectivity index (χ3v) is 7.22. The van der Waals surface area contributed by atoms with Crippen molar-refractivity contribution in [3.05, 3.63) is 114 Å². The first-order chi connectivity index (χ1) is 19.0. The van der Waals surface area contributed by atoms with Crippen LogP contribution in [0.1, 0.15) is 42.2 Å². The molecule has 2 amide bonds. The zero-order chi connectivity index (χ0) is 27.2. The second-order valence-electron chi connectivity index (χ2n) is 9.64. The lowest BCUT2D eigenvalue weighted by atomic mass is 9.89. The molecular weight excluding hydrogens is 506 g/mol. The number of nitrogens with zero attached hydrogens (tertiary/aromatic N) is 1. The Kier molecular flexibility index (Phi) is 7.99. The van der Waals surface area contributed by atoms with Gasteiger partial charge in [-0.25, -0.2) is 4.98 Å². The average molecular weight is 536 g/mol. The number of fused-ring (bicyclic) bond motifs is 1. The first-order valence-electron chi connectivity index (χ1n) is 12.9. The molecule has 4 aromatic carbocycles. The molecule has 0 spiro atoms. The lowest BCUT2D eigenvalue weighted by Crippen LogP contribution is -2.44. The largest absolute Gasteiger partial charge is 0.457 e. The molecule has 6 nitrogen and oxygen atoms in total. The number of nitrogens with one attached hydrogen (secondary N) is 2. The summed E-state index contributed by atoms with van der Waals surface area (Å²) >= 11 is 1.39. The van der Waals surface area contributed by atoms with Crippen molar-refractivity contribution in [3.63, 3.8) is 0 Å². The van der Waals surface area contributed by atoms with Crippen molar-refractivity contribution in [1.82, 2.24) is 15.8 Å². The number of carbonyl (C=O) groups excluding carboxylic acids is 2. The monoisotopic (exact) mass is 535 g/mol. The van der Waals surface area contributed by atoms with E-state index < -0.39 is 11.8 Å². The number of hydrazine groups is 1. The van der Waals surface area contributed by atoms with Crippen molar-refractivity contribution in [2.45, 2.75) is 26.2 Å². The van der Waals surface area contributed by atoms with Crippen molar-refractivity contribution in [2.24, 2.45) is 5.92 Å². The van der Waals surface area contributed by atoms with Crippen LogP contribution < -0.4 is 15.6 Å². The predicted molar refractivity (Wildman–Crippen MR) is 156 cm³/mol. The van der Waals surface area contributed by atoms with Gasteiger partial charge in [0.15, 0.2) is 0 Å². The van der Waals surface area contributed by atoms with E-state index in [0.29, 0.717) is 17.9 Å². The van der Waals surface area contributed by atoms with E-state index in [9.17, 15) is 9.59 Å². The Morgan fingerprint density at radius 3 is 2.38 bits per heavy atom. The zero-order valence-corrected chi connectivity index (χ0v) is 22.6. The van der Waals surface area contributed by atoms with Gasteiger partial charge in [0, 0.05) is 16.5 Å². The molecule has 1 atom stereocenters. The van der Waals surface area contributed by atoms with Gasteiger partial charge < -0.3 is 4.74 Å². The van der Waals surface area contributed by atoms with Gasteiger partial charge >= 0.3 is 0 Å². The molecule has 196 valence electrons. The van der Waals surface area contributed by atoms with E-state index >= 15 is 0 Å². The number of hydrogen-bond donors (Lipinski definition) is 2. The quantitative estimate of drug-likeness (QED) is 0.204. The molecule has 0 bridgehead atoms. The molecule has 5 aromatic rings. The fourth-order valence-corrected chi connectivity index (χ4v) is 5.35. The summed E-state index contributed by atoms with van der Waals surface area (Å²) in [5.74, 6) is 0.228. The number of aromatic nitrogens is 1. The molecule has 0 radical (unpaired) electrons. The number of carbonyl (C=O) groups is 2. The van der Waals surface area contributed by atoms with Gasteiger partial charge in [-0.2, -0.15) is 0 Å². The Hall–Kier alpha value is -4.49. The van der Waals surface area contributed by atoms with Crippen LogP contribution in [-0.2, 0) is 4.79 Å². The molecule has 0 fully saturated rings. The smallest absolute Gasteiger partial charge is 0.289 e. The summed E-state index contributed by atoms with van der Waals surface area (Å²) in [4.78, 5) is 30.9. The standard InChI is InChI=1S/C32H29N3O3S/c1-21(2)19-27(25-16-8-9-18-29(25)38-23-13-4-3-5-14-23)30(36)34-35-31(37)28-20-39-32(33-28)26-17-10-12-22-11-6-7-15-24(22)26/h3-18,20-21,27H,19H2,1-2H3,(H,34,36)(H,35,37). The van der Waals surface area contributed by atoms with Crippen LogP contribution in [0.4, 0.5) is 0 Å². The Labute approximate surface area is 231 Å². The van der Waals surface area contributed by atoms with E-state index in [-0.39, 0.29) is 17.5 Å². The SMILES string of the molecule is CC(C)CC(C(=O)NNC(=O)c1csc(-c2cccc3ccccc23)n1)c1ccccc1Oc1ccccc1. The average Bonchev–Trinajstić information content (AvgIpc) is 3.45. The minimum atomic E-state index is -0.521. The van der Waals surface area contributed by atoms with E-state index in [2.05, 4.69) is 29.7 Å². The van der Waals surface area contributed by atoms with Crippen LogP contribution in [0, 0.1) is 5.92 Å². The van der Waals surface area contributed by atoms with Gasteiger partial charge in [-0.05, 0) is 41.3 Å². The molecule has 2 N–H and O–H groups in total. The van der Waals surface area contributed by atoms with E-state index in [1.807, 2.05) is 97.1 Å². The molecule has 1 unspecified atom stereocenters. The van der Waals surface area contributed by atoms with E-state index in [1.165, 1.54) is 11.3 Å². The fourth-order valence-electron chi connectivity index (χ4n) is 4.51. The van der Waals surface area contributed by atoms with Crippen LogP contribution in [0.25, 0.3) is 21.3 Å². The number of hydrogen-bond acceptors (Lipinski definition) is 5. The number of rotatable bonds is 8. The normalized spacial score (nSPS) is 11.8. The Morgan fingerprint density at radius 2 is 1.56 bits per heavy atom. The topological polar surface area (TPSA) is 80.3 Å². The molecule has 7 heteroatoms.